The van der Waals surface area contributed by atoms with E-state index in [0.717, 1.165) is 104 Å². The fourth-order valence-electron chi connectivity index (χ4n) is 12.4. The van der Waals surface area contributed by atoms with Crippen LogP contribution < -0.4 is 22.4 Å². The van der Waals surface area contributed by atoms with Crippen LogP contribution in [0.2, 0.25) is 12.6 Å². The van der Waals surface area contributed by atoms with Gasteiger partial charge in [-0.1, -0.05) is 200 Å². The number of carbonyl (C=O) groups excluding carboxylic acids is 2. The number of hydrogen-bond donors (Lipinski definition) is 4. The Morgan fingerprint density at radius 2 is 0.787 bits per heavy atom. The largest absolute Gasteiger partial charge is 2.00 e. The zero-order chi connectivity index (χ0) is 77.9. The van der Waals surface area contributed by atoms with Crippen LogP contribution in [0.4, 0.5) is 0 Å². The number of aliphatic hydroxyl groups is 4. The maximum Gasteiger partial charge on any atom is 2.00 e. The third kappa shape index (κ3) is 24.7. The maximum atomic E-state index is 12.2. The van der Waals surface area contributed by atoms with Crippen LogP contribution in [0, 0.1) is 36.0 Å². The van der Waals surface area contributed by atoms with Crippen molar-refractivity contribution in [2.45, 2.75) is 169 Å². The van der Waals surface area contributed by atoms with Gasteiger partial charge >= 0.3 is 35.0 Å². The van der Waals surface area contributed by atoms with E-state index in [-0.39, 0.29) is 111 Å². The molecule has 108 heavy (non-hydrogen) atoms. The van der Waals surface area contributed by atoms with Crippen LogP contribution in [0.3, 0.4) is 0 Å². The van der Waals surface area contributed by atoms with Gasteiger partial charge in [0.25, 0.3) is 0 Å². The van der Waals surface area contributed by atoms with Crippen molar-refractivity contribution in [3.8, 4) is 56.0 Å². The molecule has 1 aliphatic rings. The van der Waals surface area contributed by atoms with E-state index in [2.05, 4.69) is 100 Å². The molecule has 1 fully saturated rings. The first kappa shape index (κ1) is 93.8. The number of nitrogens with zero attached hydrogens (tertiary/aromatic N) is 6. The van der Waals surface area contributed by atoms with Crippen molar-refractivity contribution >= 4 is 92.6 Å². The minimum absolute atomic E-state index is 0. The van der Waals surface area contributed by atoms with Crippen LogP contribution in [0.5, 0.6) is 0 Å². The zero-order valence-electron chi connectivity index (χ0n) is 65.5. The second kappa shape index (κ2) is 39.5. The van der Waals surface area contributed by atoms with Crippen molar-refractivity contribution in [2.24, 2.45) is 28.6 Å². The molecule has 0 unspecified atom stereocenters. The van der Waals surface area contributed by atoms with Crippen LogP contribution >= 0.6 is 15.9 Å². The summed E-state index contributed by atoms with van der Waals surface area (Å²) in [4.78, 5) is 24.6. The predicted octanol–water partition coefficient (Wildman–Crippen LogP) is 11.5. The summed E-state index contributed by atoms with van der Waals surface area (Å²) in [5, 5.41) is 52.1. The van der Waals surface area contributed by atoms with E-state index in [4.69, 9.17) is 9.47 Å². The van der Waals surface area contributed by atoms with E-state index in [1.807, 2.05) is 105 Å². The van der Waals surface area contributed by atoms with E-state index in [1.54, 1.807) is 82.3 Å². The summed E-state index contributed by atoms with van der Waals surface area (Å²) >= 11 is 3.43. The van der Waals surface area contributed by atoms with Gasteiger partial charge in [-0.3, -0.25) is 14.0 Å². The first-order valence-corrected chi connectivity index (χ1v) is 41.6. The first-order valence-electron chi connectivity index (χ1n) is 35.1. The Balaban J connectivity index is 0.000000307. The number of aliphatic hydroxyl groups excluding tert-OH is 3. The number of benzene rings is 6. The van der Waals surface area contributed by atoms with E-state index < -0.39 is 41.1 Å². The van der Waals surface area contributed by atoms with Crippen molar-refractivity contribution in [1.29, 1.82) is 0 Å². The SMILES string of the molecule is CC(C)Cn1nc(C(C)(C)O)cc1-c1ccc(-c2ccc(CO)c(S(C)(=O)=O)c2)cc1.CC1(C)CB(c2ccc(CO)c(S(C)(=O)=O)c2)CC1(C)C.CCOC(=O)c1cc(-c2ccc(-c3ccc(CO)c(S(C)(=O)=O)c3)cc2)n(CC(C)C)n1.CCOC(=O)c1cc(-c2ccc(Br)cc2)n(CC(C)C)n1.[Br-].[CH3-].[Mg+2]. The molecule has 1 aliphatic heterocycles. The van der Waals surface area contributed by atoms with Gasteiger partial charge < -0.3 is 54.3 Å². The number of ether oxygens (including phenoxy) is 2. The summed E-state index contributed by atoms with van der Waals surface area (Å²) in [6.07, 6.45) is 5.59. The third-order valence-electron chi connectivity index (χ3n) is 18.5. The number of hydrogen-bond acceptors (Lipinski definition) is 17. The van der Waals surface area contributed by atoms with E-state index in [0.29, 0.717) is 65.7 Å². The summed E-state index contributed by atoms with van der Waals surface area (Å²) in [5.74, 6) is 0.340. The topological polar surface area (TPSA) is 289 Å². The smallest absolute Gasteiger partial charge is 1.00 e. The van der Waals surface area contributed by atoms with Gasteiger partial charge in [0.1, 0.15) is 5.60 Å². The first-order chi connectivity index (χ1) is 49.0. The second-order valence-corrected chi connectivity index (χ2v) is 36.7. The molecule has 4 heterocycles. The molecule has 1 saturated heterocycles. The zero-order valence-corrected chi connectivity index (χ0v) is 72.5. The third-order valence-corrected chi connectivity index (χ3v) is 22.5. The van der Waals surface area contributed by atoms with Crippen LogP contribution in [-0.2, 0) is 84.0 Å². The molecule has 6 aromatic carbocycles. The second-order valence-electron chi connectivity index (χ2n) is 29.8. The Morgan fingerprint density at radius 1 is 0.491 bits per heavy atom. The van der Waals surface area contributed by atoms with Crippen LogP contribution in [0.1, 0.15) is 140 Å². The summed E-state index contributed by atoms with van der Waals surface area (Å²) in [7, 11) is -10.2. The molecule has 0 saturated carbocycles. The van der Waals surface area contributed by atoms with Gasteiger partial charge in [0.05, 0.1) is 70.5 Å². The average Bonchev–Trinajstić information content (AvgIpc) is 1.59. The molecule has 0 aliphatic carbocycles. The van der Waals surface area contributed by atoms with Crippen molar-refractivity contribution in [2.75, 3.05) is 32.0 Å². The molecule has 10 rings (SSSR count). The molecule has 3 aromatic heterocycles. The molecule has 0 amide bonds. The van der Waals surface area contributed by atoms with Crippen LogP contribution in [0.15, 0.2) is 165 Å². The minimum Gasteiger partial charge on any atom is -1.00 e. The average molecular weight is 1680 g/mol. The van der Waals surface area contributed by atoms with E-state index >= 15 is 0 Å². The molecule has 9 aromatic rings. The number of esters is 2. The molecule has 0 radical (unpaired) electrons. The number of rotatable bonds is 23. The maximum absolute atomic E-state index is 12.2. The molecule has 0 spiro atoms. The Hall–Kier alpha value is -6.63. The quantitative estimate of drug-likeness (QED) is 0.0263. The number of carbonyl (C=O) groups is 2. The summed E-state index contributed by atoms with van der Waals surface area (Å²) in [5.41, 5.74) is 11.7. The van der Waals surface area contributed by atoms with Gasteiger partial charge in [-0.2, -0.15) is 15.3 Å². The Kier molecular flexibility index (Phi) is 34.3. The van der Waals surface area contributed by atoms with Gasteiger partial charge in [-0.05, 0) is 160 Å². The van der Waals surface area contributed by atoms with Gasteiger partial charge in [0.2, 0.25) is 0 Å². The predicted molar refractivity (Wildman–Crippen MR) is 432 cm³/mol. The number of sulfone groups is 3. The Bertz CT molecular complexity index is 4850. The summed E-state index contributed by atoms with van der Waals surface area (Å²) in [6, 6.07) is 44.4. The summed E-state index contributed by atoms with van der Waals surface area (Å²) in [6.45, 7) is 31.0. The standard InChI is InChI=1S/C24H28N2O5S.C24H30N2O4S.C16H25BO3S.C16H19BrN2O2.CH3.BrH.Mg/c1-5-31-24(28)21-13-22(26(25-21)14-16(2)3)18-8-6-17(7-9-18)19-10-11-20(15-27)23(12-19)32(4,29)30;1-16(2)14-26-21(13-23(25-26)24(3,4)28)18-8-6-17(7-9-18)19-10-11-20(15-27)22(12-19)31(5,29)30;1-15(2)10-17(11-16(15,3)4)13-7-6-12(9-18)14(8-13)21(5,19)20;1-4-21-16(20)14-9-15(19(18-14)10-11(2)3)12-5-7-13(17)8-6-12;;;/h6-13,16,27H,5,14-15H2,1-4H3;6-13,16,27-28H,14-15H2,1-5H3;6-8,18H,9-11H2,1-5H3;5-9,11H,4,10H2,1-3H3;1H3;1H;/q;;;;-1;;+2/p-1. The number of halogens is 2. The Labute approximate surface area is 675 Å². The fraction of sp³-hybridized carbons (Fsp3) is 0.407. The van der Waals surface area contributed by atoms with Crippen molar-refractivity contribution in [3.63, 3.8) is 0 Å². The molecular weight excluding hydrogens is 1570 g/mol. The molecule has 27 heteroatoms. The van der Waals surface area contributed by atoms with E-state index in [1.165, 1.54) is 6.26 Å². The molecule has 4 N–H and O–H groups in total. The minimum atomic E-state index is -3.47. The van der Waals surface area contributed by atoms with Crippen LogP contribution in [-0.4, -0.2) is 149 Å². The molecule has 580 valence electrons. The van der Waals surface area contributed by atoms with Gasteiger partial charge in [0, 0.05) is 42.9 Å². The molecular formula is C81H105BBr2MgN6O14S3. The monoisotopic (exact) mass is 1670 g/mol. The van der Waals surface area contributed by atoms with Crippen molar-refractivity contribution in [1.82, 2.24) is 29.3 Å². The Morgan fingerprint density at radius 3 is 1.10 bits per heavy atom. The van der Waals surface area contributed by atoms with Gasteiger partial charge in [-0.15, -0.1) is 0 Å². The molecule has 0 atom stereocenters. The fourth-order valence-corrected chi connectivity index (χ4v) is 15.5. The summed E-state index contributed by atoms with van der Waals surface area (Å²) < 4.78 is 89.0. The number of aromatic nitrogens is 6. The van der Waals surface area contributed by atoms with Gasteiger partial charge in [-0.25, -0.2) is 34.8 Å². The molecule has 0 bridgehead atoms. The van der Waals surface area contributed by atoms with Crippen molar-refractivity contribution < 1.29 is 81.7 Å². The van der Waals surface area contributed by atoms with Crippen molar-refractivity contribution in [3.05, 3.63) is 191 Å². The normalized spacial score (nSPS) is 13.2. The molecule has 20 nitrogen and oxygen atoms in total. The van der Waals surface area contributed by atoms with E-state index in [9.17, 15) is 55.3 Å². The van der Waals surface area contributed by atoms with Gasteiger partial charge in [0.15, 0.2) is 47.6 Å². The van der Waals surface area contributed by atoms with Crippen LogP contribution in [0.25, 0.3) is 56.0 Å².